The van der Waals surface area contributed by atoms with Crippen LogP contribution >= 0.6 is 0 Å². The van der Waals surface area contributed by atoms with Crippen LogP contribution in [-0.2, 0) is 14.3 Å². The van der Waals surface area contributed by atoms with Gasteiger partial charge in [0.15, 0.2) is 0 Å². The fraction of sp³-hybridized carbons (Fsp3) is 0.455. The van der Waals surface area contributed by atoms with Gasteiger partial charge in [-0.1, -0.05) is 6.58 Å². The lowest BCUT2D eigenvalue weighted by atomic mass is 10.1. The second-order valence-electron chi connectivity index (χ2n) is 3.58. The molecular formula is C11H16O5. The van der Waals surface area contributed by atoms with Gasteiger partial charge in [-0.25, -0.2) is 9.59 Å². The van der Waals surface area contributed by atoms with Gasteiger partial charge in [0.1, 0.15) is 5.76 Å². The number of aliphatic hydroxyl groups is 1. The normalized spacial score (nSPS) is 13.8. The Morgan fingerprint density at radius 1 is 1.38 bits per heavy atom. The van der Waals surface area contributed by atoms with Crippen LogP contribution < -0.4 is 0 Å². The zero-order valence-electron chi connectivity index (χ0n) is 9.61. The van der Waals surface area contributed by atoms with Crippen molar-refractivity contribution >= 4 is 11.9 Å². The van der Waals surface area contributed by atoms with Crippen molar-refractivity contribution < 1.29 is 24.5 Å². The highest BCUT2D eigenvalue weighted by atomic mass is 16.5. The maximum Gasteiger partial charge on any atom is 0.338 e. The van der Waals surface area contributed by atoms with Gasteiger partial charge in [0.05, 0.1) is 11.7 Å². The summed E-state index contributed by atoms with van der Waals surface area (Å²) in [6.45, 7) is 7.63. The van der Waals surface area contributed by atoms with Gasteiger partial charge in [-0.15, -0.1) is 0 Å². The van der Waals surface area contributed by atoms with Gasteiger partial charge in [-0.2, -0.15) is 0 Å². The fourth-order valence-electron chi connectivity index (χ4n) is 0.858. The molecule has 0 amide bonds. The smallest absolute Gasteiger partial charge is 0.338 e. The zero-order valence-corrected chi connectivity index (χ0v) is 9.61. The van der Waals surface area contributed by atoms with Crippen molar-refractivity contribution in [3.63, 3.8) is 0 Å². The maximum atomic E-state index is 11.2. The SMILES string of the molecule is C=C(C)C(=O)OC(CC(C)O)=C(C)C(=O)O. The number of carboxylic acid groups (broad SMARTS) is 1. The number of hydrogen-bond acceptors (Lipinski definition) is 4. The summed E-state index contributed by atoms with van der Waals surface area (Å²) in [5.74, 6) is -1.93. The zero-order chi connectivity index (χ0) is 12.9. The van der Waals surface area contributed by atoms with E-state index in [9.17, 15) is 9.59 Å². The van der Waals surface area contributed by atoms with E-state index in [0.29, 0.717) is 0 Å². The molecule has 5 nitrogen and oxygen atoms in total. The lowest BCUT2D eigenvalue weighted by Crippen LogP contribution is -2.14. The number of hydrogen-bond donors (Lipinski definition) is 2. The summed E-state index contributed by atoms with van der Waals surface area (Å²) in [7, 11) is 0. The van der Waals surface area contributed by atoms with Crippen LogP contribution in [0.25, 0.3) is 0 Å². The molecule has 0 rings (SSSR count). The summed E-state index contributed by atoms with van der Waals surface area (Å²) in [4.78, 5) is 22.0. The monoisotopic (exact) mass is 228 g/mol. The highest BCUT2D eigenvalue weighted by Gasteiger charge is 2.17. The lowest BCUT2D eigenvalue weighted by Gasteiger charge is -2.12. The maximum absolute atomic E-state index is 11.2. The van der Waals surface area contributed by atoms with Gasteiger partial charge >= 0.3 is 11.9 Å². The first-order valence-electron chi connectivity index (χ1n) is 4.74. The first-order chi connectivity index (χ1) is 7.25. The number of aliphatic carboxylic acids is 1. The number of aliphatic hydroxyl groups excluding tert-OH is 1. The van der Waals surface area contributed by atoms with Crippen molar-refractivity contribution in [3.05, 3.63) is 23.5 Å². The number of esters is 1. The van der Waals surface area contributed by atoms with E-state index in [1.165, 1.54) is 20.8 Å². The average Bonchev–Trinajstić information content (AvgIpc) is 2.14. The molecule has 2 N–H and O–H groups in total. The highest BCUT2D eigenvalue weighted by molar-refractivity contribution is 5.90. The number of carbonyl (C=O) groups excluding carboxylic acids is 1. The first-order valence-corrected chi connectivity index (χ1v) is 4.74. The third kappa shape index (κ3) is 4.75. The van der Waals surface area contributed by atoms with Crippen molar-refractivity contribution in [2.75, 3.05) is 0 Å². The van der Waals surface area contributed by atoms with Gasteiger partial charge < -0.3 is 14.9 Å². The topological polar surface area (TPSA) is 83.8 Å². The van der Waals surface area contributed by atoms with Crippen LogP contribution in [0.1, 0.15) is 27.2 Å². The van der Waals surface area contributed by atoms with E-state index in [1.807, 2.05) is 0 Å². The van der Waals surface area contributed by atoms with Crippen molar-refractivity contribution in [3.8, 4) is 0 Å². The molecule has 0 saturated carbocycles. The summed E-state index contributed by atoms with van der Waals surface area (Å²) >= 11 is 0. The first kappa shape index (κ1) is 14.4. The molecule has 5 heteroatoms. The van der Waals surface area contributed by atoms with Crippen LogP contribution in [-0.4, -0.2) is 28.3 Å². The molecule has 1 unspecified atom stereocenters. The molecule has 16 heavy (non-hydrogen) atoms. The minimum absolute atomic E-state index is 0.0306. The van der Waals surface area contributed by atoms with E-state index in [4.69, 9.17) is 14.9 Å². The van der Waals surface area contributed by atoms with Crippen LogP contribution in [0.3, 0.4) is 0 Å². The molecule has 1 atom stereocenters. The quantitative estimate of drug-likeness (QED) is 0.420. The Bertz CT molecular complexity index is 338. The molecule has 0 aromatic carbocycles. The van der Waals surface area contributed by atoms with Gasteiger partial charge in [-0.05, 0) is 20.8 Å². The van der Waals surface area contributed by atoms with Gasteiger partial charge in [-0.3, -0.25) is 0 Å². The number of ether oxygens (including phenoxy) is 1. The van der Waals surface area contributed by atoms with Crippen LogP contribution in [0.4, 0.5) is 0 Å². The minimum Gasteiger partial charge on any atom is -0.478 e. The summed E-state index contributed by atoms with van der Waals surface area (Å²) in [5.41, 5.74) is 0.0665. The largest absolute Gasteiger partial charge is 0.478 e. The Balaban J connectivity index is 4.96. The molecule has 0 heterocycles. The molecular weight excluding hydrogens is 212 g/mol. The van der Waals surface area contributed by atoms with Crippen molar-refractivity contribution in [2.45, 2.75) is 33.3 Å². The average molecular weight is 228 g/mol. The third-order valence-corrected chi connectivity index (χ3v) is 1.78. The molecule has 0 saturated heterocycles. The Hall–Kier alpha value is -1.62. The summed E-state index contributed by atoms with van der Waals surface area (Å²) in [6, 6.07) is 0. The molecule has 90 valence electrons. The van der Waals surface area contributed by atoms with Crippen molar-refractivity contribution in [1.82, 2.24) is 0 Å². The standard InChI is InChI=1S/C11H16O5/c1-6(2)11(15)16-9(5-7(3)12)8(4)10(13)14/h7,12H,1,5H2,2-4H3,(H,13,14). The summed E-state index contributed by atoms with van der Waals surface area (Å²) in [6.07, 6.45) is -0.820. The number of rotatable bonds is 5. The van der Waals surface area contributed by atoms with E-state index in [-0.39, 0.29) is 23.3 Å². The van der Waals surface area contributed by atoms with Gasteiger partial charge in [0, 0.05) is 12.0 Å². The Kier molecular flexibility index (Phi) is 5.46. The highest BCUT2D eigenvalue weighted by Crippen LogP contribution is 2.15. The van der Waals surface area contributed by atoms with Crippen LogP contribution in [0.5, 0.6) is 0 Å². The summed E-state index contributed by atoms with van der Waals surface area (Å²) < 4.78 is 4.85. The molecule has 0 aliphatic carbocycles. The second kappa shape index (κ2) is 6.07. The predicted octanol–water partition coefficient (Wildman–Crippen LogP) is 1.24. The lowest BCUT2D eigenvalue weighted by molar-refractivity contribution is -0.136. The van der Waals surface area contributed by atoms with E-state index in [0.717, 1.165) is 0 Å². The molecule has 0 aromatic rings. The van der Waals surface area contributed by atoms with Crippen molar-refractivity contribution in [2.24, 2.45) is 0 Å². The molecule has 0 fully saturated rings. The van der Waals surface area contributed by atoms with Gasteiger partial charge in [0.2, 0.25) is 0 Å². The summed E-state index contributed by atoms with van der Waals surface area (Å²) in [5, 5.41) is 17.9. The van der Waals surface area contributed by atoms with Crippen LogP contribution in [0.2, 0.25) is 0 Å². The molecule has 0 bridgehead atoms. The second-order valence-corrected chi connectivity index (χ2v) is 3.58. The Labute approximate surface area is 94.0 Å². The molecule has 0 radical (unpaired) electrons. The van der Waals surface area contributed by atoms with E-state index in [1.54, 1.807) is 0 Å². The van der Waals surface area contributed by atoms with E-state index in [2.05, 4.69) is 6.58 Å². The molecule has 0 aliphatic heterocycles. The molecule has 0 spiro atoms. The Morgan fingerprint density at radius 2 is 1.88 bits per heavy atom. The van der Waals surface area contributed by atoms with Crippen LogP contribution in [0.15, 0.2) is 23.5 Å². The van der Waals surface area contributed by atoms with Crippen molar-refractivity contribution in [1.29, 1.82) is 0 Å². The molecule has 0 aromatic heterocycles. The third-order valence-electron chi connectivity index (χ3n) is 1.78. The predicted molar refractivity (Wildman–Crippen MR) is 57.5 cm³/mol. The van der Waals surface area contributed by atoms with E-state index >= 15 is 0 Å². The number of carboxylic acids is 1. The fourth-order valence-corrected chi connectivity index (χ4v) is 0.858. The molecule has 0 aliphatic rings. The van der Waals surface area contributed by atoms with Gasteiger partial charge in [0.25, 0.3) is 0 Å². The minimum atomic E-state index is -1.19. The van der Waals surface area contributed by atoms with Crippen LogP contribution in [0, 0.1) is 0 Å². The Morgan fingerprint density at radius 3 is 2.19 bits per heavy atom. The van der Waals surface area contributed by atoms with E-state index < -0.39 is 18.0 Å². The number of carbonyl (C=O) groups is 2.